The van der Waals surface area contributed by atoms with E-state index < -0.39 is 0 Å². The van der Waals surface area contributed by atoms with Crippen molar-refractivity contribution >= 4 is 23.3 Å². The highest BCUT2D eigenvalue weighted by atomic mass is 32.1. The van der Waals surface area contributed by atoms with Crippen LogP contribution < -0.4 is 5.32 Å². The molecule has 4 heterocycles. The monoisotopic (exact) mass is 425 g/mol. The van der Waals surface area contributed by atoms with Gasteiger partial charge in [-0.25, -0.2) is 4.68 Å². The van der Waals surface area contributed by atoms with E-state index in [1.165, 1.54) is 0 Å². The molecule has 1 N–H and O–H groups in total. The Labute approximate surface area is 179 Å². The van der Waals surface area contributed by atoms with Crippen molar-refractivity contribution in [3.05, 3.63) is 65.8 Å². The summed E-state index contributed by atoms with van der Waals surface area (Å²) in [6, 6.07) is 7.44. The van der Waals surface area contributed by atoms with E-state index in [2.05, 4.69) is 26.6 Å². The summed E-state index contributed by atoms with van der Waals surface area (Å²) in [6.07, 6.45) is 5.05. The van der Waals surface area contributed by atoms with Crippen LogP contribution in [0.2, 0.25) is 0 Å². The molecule has 0 bridgehead atoms. The average Bonchev–Trinajstić information content (AvgIpc) is 3.42. The van der Waals surface area contributed by atoms with Gasteiger partial charge in [0.2, 0.25) is 0 Å². The third-order valence-corrected chi connectivity index (χ3v) is 5.55. The molecule has 4 rings (SSSR count). The summed E-state index contributed by atoms with van der Waals surface area (Å²) < 4.78 is 9.03. The number of esters is 1. The van der Waals surface area contributed by atoms with Crippen molar-refractivity contribution in [3.63, 3.8) is 0 Å². The summed E-state index contributed by atoms with van der Waals surface area (Å²) in [5.41, 5.74) is 3.90. The maximum absolute atomic E-state index is 12.3. The van der Waals surface area contributed by atoms with Gasteiger partial charge in [-0.3, -0.25) is 14.5 Å². The molecule has 9 nitrogen and oxygen atoms in total. The number of thiocarbonyl (C=S) groups is 1. The first kappa shape index (κ1) is 20.0. The summed E-state index contributed by atoms with van der Waals surface area (Å²) in [4.78, 5) is 18.7. The number of aromatic nitrogens is 5. The number of pyridine rings is 1. The zero-order chi connectivity index (χ0) is 21.3. The minimum Gasteiger partial charge on any atom is -0.465 e. The normalized spacial score (nSPS) is 18.5. The number of hydrogen-bond donors (Lipinski definition) is 1. The Kier molecular flexibility index (Phi) is 5.49. The first-order valence-corrected chi connectivity index (χ1v) is 10.1. The zero-order valence-electron chi connectivity index (χ0n) is 17.0. The van der Waals surface area contributed by atoms with Crippen molar-refractivity contribution in [1.29, 1.82) is 0 Å². The van der Waals surface area contributed by atoms with Crippen LogP contribution in [0, 0.1) is 13.8 Å². The third-order valence-electron chi connectivity index (χ3n) is 5.19. The second-order valence-electron chi connectivity index (χ2n) is 7.04. The van der Waals surface area contributed by atoms with Gasteiger partial charge in [0.25, 0.3) is 0 Å². The molecular formula is C20H23N7O2S. The zero-order valence-corrected chi connectivity index (χ0v) is 17.8. The lowest BCUT2D eigenvalue weighted by Crippen LogP contribution is -2.35. The second-order valence-corrected chi connectivity index (χ2v) is 7.43. The molecule has 3 aromatic heterocycles. The van der Waals surface area contributed by atoms with Gasteiger partial charge in [-0.2, -0.15) is 0 Å². The lowest BCUT2D eigenvalue weighted by molar-refractivity contribution is -0.143. The van der Waals surface area contributed by atoms with Gasteiger partial charge >= 0.3 is 5.97 Å². The van der Waals surface area contributed by atoms with Crippen molar-refractivity contribution in [1.82, 2.24) is 34.8 Å². The molecule has 0 aromatic carbocycles. The molecule has 1 aliphatic rings. The van der Waals surface area contributed by atoms with Gasteiger partial charge in [-0.05, 0) is 51.2 Å². The van der Waals surface area contributed by atoms with Crippen LogP contribution in [-0.2, 0) is 9.53 Å². The molecule has 0 unspecified atom stereocenters. The van der Waals surface area contributed by atoms with Crippen LogP contribution in [0.1, 0.15) is 41.7 Å². The maximum atomic E-state index is 12.3. The molecule has 3 aromatic rings. The van der Waals surface area contributed by atoms with Gasteiger partial charge in [-0.15, -0.1) is 10.2 Å². The van der Waals surface area contributed by atoms with E-state index in [0.717, 1.165) is 22.6 Å². The smallest absolute Gasteiger partial charge is 0.325 e. The summed E-state index contributed by atoms with van der Waals surface area (Å²) in [6.45, 7) is 6.22. The highest BCUT2D eigenvalue weighted by molar-refractivity contribution is 7.80. The lowest BCUT2D eigenvalue weighted by atomic mass is 9.97. The predicted octanol–water partition coefficient (Wildman–Crippen LogP) is 1.94. The van der Waals surface area contributed by atoms with Crippen LogP contribution in [0.15, 0.2) is 43.1 Å². The van der Waals surface area contributed by atoms with E-state index in [-0.39, 0.29) is 24.6 Å². The van der Waals surface area contributed by atoms with Gasteiger partial charge in [-0.1, -0.05) is 6.07 Å². The molecular weight excluding hydrogens is 402 g/mol. The van der Waals surface area contributed by atoms with Gasteiger partial charge < -0.3 is 15.0 Å². The molecule has 1 saturated heterocycles. The highest BCUT2D eigenvalue weighted by Crippen LogP contribution is 2.40. The number of aryl methyl sites for hydroxylation is 1. The molecule has 10 heteroatoms. The van der Waals surface area contributed by atoms with E-state index >= 15 is 0 Å². The number of carbonyl (C=O) groups is 1. The number of hydrogen-bond acceptors (Lipinski definition) is 6. The Morgan fingerprint density at radius 2 is 2.03 bits per heavy atom. The molecule has 30 heavy (non-hydrogen) atoms. The van der Waals surface area contributed by atoms with Gasteiger partial charge in [0, 0.05) is 23.1 Å². The molecule has 0 amide bonds. The Morgan fingerprint density at radius 3 is 2.70 bits per heavy atom. The SMILES string of the molecule is CCOC(=O)CN1C(=S)N[C@@H](c2ccccn2)[C@@H]1c1cc(C)n(-n2cnnc2)c1C. The van der Waals surface area contributed by atoms with E-state index in [4.69, 9.17) is 17.0 Å². The predicted molar refractivity (Wildman–Crippen MR) is 114 cm³/mol. The largest absolute Gasteiger partial charge is 0.465 e. The minimum atomic E-state index is -0.319. The molecule has 2 atom stereocenters. The second kappa shape index (κ2) is 8.23. The Balaban J connectivity index is 1.80. The van der Waals surface area contributed by atoms with E-state index in [1.807, 2.05) is 46.3 Å². The molecule has 0 spiro atoms. The summed E-state index contributed by atoms with van der Waals surface area (Å²) in [7, 11) is 0. The van der Waals surface area contributed by atoms with Gasteiger partial charge in [0.05, 0.1) is 24.4 Å². The summed E-state index contributed by atoms with van der Waals surface area (Å²) >= 11 is 5.61. The van der Waals surface area contributed by atoms with Crippen molar-refractivity contribution in [2.24, 2.45) is 0 Å². The Morgan fingerprint density at radius 1 is 1.27 bits per heavy atom. The molecule has 0 aliphatic carbocycles. The van der Waals surface area contributed by atoms with Crippen LogP contribution in [0.3, 0.4) is 0 Å². The molecule has 1 fully saturated rings. The number of nitrogens with one attached hydrogen (secondary N) is 1. The Hall–Kier alpha value is -3.27. The van der Waals surface area contributed by atoms with Crippen LogP contribution in [0.4, 0.5) is 0 Å². The summed E-state index contributed by atoms with van der Waals surface area (Å²) in [5, 5.41) is 11.7. The third kappa shape index (κ3) is 3.54. The minimum absolute atomic E-state index is 0.0595. The van der Waals surface area contributed by atoms with Crippen LogP contribution in [0.5, 0.6) is 0 Å². The molecule has 0 radical (unpaired) electrons. The van der Waals surface area contributed by atoms with Crippen LogP contribution >= 0.6 is 12.2 Å². The maximum Gasteiger partial charge on any atom is 0.325 e. The van der Waals surface area contributed by atoms with E-state index in [0.29, 0.717) is 11.7 Å². The highest BCUT2D eigenvalue weighted by Gasteiger charge is 2.42. The fourth-order valence-electron chi connectivity index (χ4n) is 3.99. The Bertz CT molecular complexity index is 1050. The van der Waals surface area contributed by atoms with Gasteiger partial charge in [0.1, 0.15) is 19.2 Å². The van der Waals surface area contributed by atoms with E-state index in [9.17, 15) is 4.79 Å². The topological polar surface area (TPSA) is 90.1 Å². The quantitative estimate of drug-likeness (QED) is 0.473. The lowest BCUT2D eigenvalue weighted by Gasteiger charge is -2.27. The van der Waals surface area contributed by atoms with Crippen LogP contribution in [0.25, 0.3) is 0 Å². The molecule has 156 valence electrons. The number of rotatable bonds is 6. The first-order chi connectivity index (χ1) is 14.5. The molecule has 1 aliphatic heterocycles. The molecule has 0 saturated carbocycles. The average molecular weight is 426 g/mol. The number of nitrogens with zero attached hydrogens (tertiary/aromatic N) is 6. The number of ether oxygens (including phenoxy) is 1. The van der Waals surface area contributed by atoms with Crippen molar-refractivity contribution in [2.45, 2.75) is 32.9 Å². The van der Waals surface area contributed by atoms with E-state index in [1.54, 1.807) is 25.8 Å². The van der Waals surface area contributed by atoms with Crippen molar-refractivity contribution < 1.29 is 9.53 Å². The van der Waals surface area contributed by atoms with Crippen LogP contribution in [-0.4, -0.2) is 53.7 Å². The fraction of sp³-hybridized carbons (Fsp3) is 0.350. The first-order valence-electron chi connectivity index (χ1n) is 9.69. The van der Waals surface area contributed by atoms with Crippen molar-refractivity contribution in [2.75, 3.05) is 13.2 Å². The standard InChI is InChI=1S/C20H23N7O2S/c1-4-29-17(28)10-26-19(18(24-20(26)30)16-7-5-6-8-21-16)15-9-13(2)27(14(15)3)25-11-22-23-12-25/h5-9,11-12,18-19H,4,10H2,1-3H3,(H,24,30)/t18-,19-/m0/s1. The van der Waals surface area contributed by atoms with Gasteiger partial charge in [0.15, 0.2) is 5.11 Å². The summed E-state index contributed by atoms with van der Waals surface area (Å²) in [5.74, 6) is -0.319. The van der Waals surface area contributed by atoms with Crippen molar-refractivity contribution in [3.8, 4) is 0 Å². The number of carbonyl (C=O) groups excluding carboxylic acids is 1. The fourth-order valence-corrected chi connectivity index (χ4v) is 4.30.